The molecule has 7 nitrogen and oxygen atoms in total. The Morgan fingerprint density at radius 3 is 2.28 bits per heavy atom. The lowest BCUT2D eigenvalue weighted by atomic mass is 9.86. The van der Waals surface area contributed by atoms with E-state index >= 15 is 0 Å². The molecule has 0 bridgehead atoms. The molecule has 2 aromatic rings. The van der Waals surface area contributed by atoms with Gasteiger partial charge in [-0.2, -0.15) is 4.31 Å². The maximum Gasteiger partial charge on any atom is 0.257 e. The lowest BCUT2D eigenvalue weighted by Crippen LogP contribution is -2.40. The summed E-state index contributed by atoms with van der Waals surface area (Å²) in [4.78, 5) is 12.8. The summed E-state index contributed by atoms with van der Waals surface area (Å²) in [6.07, 6.45) is 0. The summed E-state index contributed by atoms with van der Waals surface area (Å²) < 4.78 is 32.9. The molecule has 1 aliphatic heterocycles. The third-order valence-electron chi connectivity index (χ3n) is 4.99. The SMILES string of the molecule is CC(C)(C)c1ccc(C(=O)NC(=S)Nc2ccc(S(=O)(=O)N3CCOCC3)cc2)cc1Br. The first kappa shape index (κ1) is 24.8. The van der Waals surface area contributed by atoms with Crippen LogP contribution >= 0.6 is 28.1 Å². The van der Waals surface area contributed by atoms with Crippen LogP contribution in [0.4, 0.5) is 5.69 Å². The Kier molecular flexibility index (Phi) is 7.72. The molecule has 1 aliphatic rings. The summed E-state index contributed by atoms with van der Waals surface area (Å²) >= 11 is 8.78. The zero-order valence-corrected chi connectivity index (χ0v) is 21.4. The summed E-state index contributed by atoms with van der Waals surface area (Å²) in [6.45, 7) is 7.76. The monoisotopic (exact) mass is 539 g/mol. The van der Waals surface area contributed by atoms with E-state index in [1.54, 1.807) is 24.3 Å². The van der Waals surface area contributed by atoms with Gasteiger partial charge in [-0.25, -0.2) is 8.42 Å². The van der Waals surface area contributed by atoms with Gasteiger partial charge in [0.25, 0.3) is 5.91 Å². The molecule has 0 aliphatic carbocycles. The van der Waals surface area contributed by atoms with Crippen molar-refractivity contribution in [2.24, 2.45) is 0 Å². The van der Waals surface area contributed by atoms with Gasteiger partial charge in [0.15, 0.2) is 5.11 Å². The van der Waals surface area contributed by atoms with Crippen LogP contribution in [0, 0.1) is 0 Å². The third kappa shape index (κ3) is 5.93. The molecule has 2 aromatic carbocycles. The molecule has 0 spiro atoms. The molecule has 1 fully saturated rings. The highest BCUT2D eigenvalue weighted by molar-refractivity contribution is 9.10. The van der Waals surface area contributed by atoms with Crippen LogP contribution in [0.25, 0.3) is 0 Å². The van der Waals surface area contributed by atoms with Gasteiger partial charge >= 0.3 is 0 Å². The van der Waals surface area contributed by atoms with Gasteiger partial charge in [-0.15, -0.1) is 0 Å². The van der Waals surface area contributed by atoms with E-state index in [1.807, 2.05) is 6.07 Å². The number of sulfonamides is 1. The zero-order chi connectivity index (χ0) is 23.5. The van der Waals surface area contributed by atoms with E-state index in [1.165, 1.54) is 16.4 Å². The normalized spacial score (nSPS) is 15.2. The van der Waals surface area contributed by atoms with Crippen molar-refractivity contribution in [2.45, 2.75) is 31.1 Å². The van der Waals surface area contributed by atoms with Crippen LogP contribution in [-0.2, 0) is 20.2 Å². The maximum atomic E-state index is 12.7. The average molecular weight is 541 g/mol. The Bertz CT molecular complexity index is 1110. The summed E-state index contributed by atoms with van der Waals surface area (Å²) in [5.41, 5.74) is 2.09. The smallest absolute Gasteiger partial charge is 0.257 e. The predicted octanol–water partition coefficient (Wildman–Crippen LogP) is 3.89. The maximum absolute atomic E-state index is 12.7. The predicted molar refractivity (Wildman–Crippen MR) is 133 cm³/mol. The number of anilines is 1. The first-order valence-electron chi connectivity index (χ1n) is 10.1. The summed E-state index contributed by atoms with van der Waals surface area (Å²) in [5, 5.41) is 5.68. The van der Waals surface area contributed by atoms with Crippen molar-refractivity contribution < 1.29 is 17.9 Å². The number of nitrogens with zero attached hydrogens (tertiary/aromatic N) is 1. The Labute approximate surface area is 202 Å². The molecule has 1 amide bonds. The molecule has 0 unspecified atom stereocenters. The van der Waals surface area contributed by atoms with Gasteiger partial charge in [-0.05, 0) is 59.6 Å². The molecular formula is C22H26BrN3O4S2. The van der Waals surface area contributed by atoms with Gasteiger partial charge in [-0.3, -0.25) is 10.1 Å². The van der Waals surface area contributed by atoms with E-state index in [-0.39, 0.29) is 21.3 Å². The lowest BCUT2D eigenvalue weighted by Gasteiger charge is -2.26. The zero-order valence-electron chi connectivity index (χ0n) is 18.1. The van der Waals surface area contributed by atoms with Gasteiger partial charge < -0.3 is 10.1 Å². The number of benzene rings is 2. The van der Waals surface area contributed by atoms with E-state index in [4.69, 9.17) is 17.0 Å². The van der Waals surface area contributed by atoms with Crippen LogP contribution in [0.1, 0.15) is 36.7 Å². The van der Waals surface area contributed by atoms with Crippen LogP contribution < -0.4 is 10.6 Å². The van der Waals surface area contributed by atoms with Crippen LogP contribution in [0.2, 0.25) is 0 Å². The van der Waals surface area contributed by atoms with Gasteiger partial charge in [0.1, 0.15) is 0 Å². The van der Waals surface area contributed by atoms with E-state index in [9.17, 15) is 13.2 Å². The van der Waals surface area contributed by atoms with Crippen LogP contribution in [-0.4, -0.2) is 50.0 Å². The summed E-state index contributed by atoms with van der Waals surface area (Å²) in [6, 6.07) is 11.7. The van der Waals surface area contributed by atoms with E-state index in [0.29, 0.717) is 37.6 Å². The van der Waals surface area contributed by atoms with E-state index in [0.717, 1.165) is 10.0 Å². The summed E-state index contributed by atoms with van der Waals surface area (Å²) in [7, 11) is -3.56. The van der Waals surface area contributed by atoms with Crippen molar-refractivity contribution in [1.82, 2.24) is 9.62 Å². The highest BCUT2D eigenvalue weighted by Crippen LogP contribution is 2.30. The number of halogens is 1. The molecule has 3 rings (SSSR count). The number of hydrogen-bond donors (Lipinski definition) is 2. The topological polar surface area (TPSA) is 87.7 Å². The summed E-state index contributed by atoms with van der Waals surface area (Å²) in [5.74, 6) is -0.338. The van der Waals surface area contributed by atoms with E-state index in [2.05, 4.69) is 47.3 Å². The number of morpholine rings is 1. The fourth-order valence-corrected chi connectivity index (χ4v) is 5.84. The van der Waals surface area contributed by atoms with Gasteiger partial charge in [0, 0.05) is 28.8 Å². The highest BCUT2D eigenvalue weighted by Gasteiger charge is 2.26. The number of ether oxygens (including phenoxy) is 1. The molecule has 1 saturated heterocycles. The largest absolute Gasteiger partial charge is 0.379 e. The number of hydrogen-bond acceptors (Lipinski definition) is 5. The average Bonchev–Trinajstić information content (AvgIpc) is 2.73. The fraction of sp³-hybridized carbons (Fsp3) is 0.364. The minimum absolute atomic E-state index is 0.0495. The van der Waals surface area contributed by atoms with Crippen molar-refractivity contribution in [3.05, 3.63) is 58.1 Å². The van der Waals surface area contributed by atoms with Crippen molar-refractivity contribution >= 4 is 54.9 Å². The molecule has 0 saturated carbocycles. The first-order chi connectivity index (χ1) is 15.0. The Hall–Kier alpha value is -1.85. The molecule has 0 radical (unpaired) electrons. The minimum atomic E-state index is -3.56. The Morgan fingerprint density at radius 1 is 1.09 bits per heavy atom. The molecule has 1 heterocycles. The second-order valence-corrected chi connectivity index (χ2v) is 11.6. The number of thiocarbonyl (C=S) groups is 1. The molecule has 0 aromatic heterocycles. The second-order valence-electron chi connectivity index (χ2n) is 8.39. The second kappa shape index (κ2) is 9.96. The standard InChI is InChI=1S/C22H26BrN3O4S2/c1-22(2,3)18-9-4-15(14-19(18)23)20(27)25-21(31)24-16-5-7-17(8-6-16)32(28,29)26-10-12-30-13-11-26/h4-9,14H,10-13H2,1-3H3,(H2,24,25,27,31). The number of carbonyl (C=O) groups excluding carboxylic acids is 1. The number of rotatable bonds is 4. The fourth-order valence-electron chi connectivity index (χ4n) is 3.25. The number of amides is 1. The molecular weight excluding hydrogens is 514 g/mol. The van der Waals surface area contributed by atoms with Crippen LogP contribution in [0.5, 0.6) is 0 Å². The minimum Gasteiger partial charge on any atom is -0.379 e. The van der Waals surface area contributed by atoms with Crippen molar-refractivity contribution in [2.75, 3.05) is 31.6 Å². The Morgan fingerprint density at radius 2 is 1.72 bits per heavy atom. The third-order valence-corrected chi connectivity index (χ3v) is 7.76. The quantitative estimate of drug-likeness (QED) is 0.573. The van der Waals surface area contributed by atoms with Gasteiger partial charge in [0.2, 0.25) is 10.0 Å². The molecule has 172 valence electrons. The molecule has 0 atom stereocenters. The van der Waals surface area contributed by atoms with Crippen molar-refractivity contribution in [3.8, 4) is 0 Å². The van der Waals surface area contributed by atoms with Crippen molar-refractivity contribution in [3.63, 3.8) is 0 Å². The molecule has 2 N–H and O–H groups in total. The van der Waals surface area contributed by atoms with E-state index < -0.39 is 10.0 Å². The van der Waals surface area contributed by atoms with Crippen LogP contribution in [0.15, 0.2) is 51.8 Å². The lowest BCUT2D eigenvalue weighted by molar-refractivity contribution is 0.0730. The number of carbonyl (C=O) groups is 1. The number of nitrogens with one attached hydrogen (secondary N) is 2. The highest BCUT2D eigenvalue weighted by atomic mass is 79.9. The van der Waals surface area contributed by atoms with Gasteiger partial charge in [-0.1, -0.05) is 42.8 Å². The molecule has 10 heteroatoms. The van der Waals surface area contributed by atoms with Gasteiger partial charge in [0.05, 0.1) is 18.1 Å². The van der Waals surface area contributed by atoms with Crippen molar-refractivity contribution in [1.29, 1.82) is 0 Å². The van der Waals surface area contributed by atoms with Crippen LogP contribution in [0.3, 0.4) is 0 Å². The Balaban J connectivity index is 1.62. The first-order valence-corrected chi connectivity index (χ1v) is 12.7. The molecule has 32 heavy (non-hydrogen) atoms.